The van der Waals surface area contributed by atoms with Crippen molar-refractivity contribution in [2.24, 2.45) is 5.92 Å². The van der Waals surface area contributed by atoms with Crippen molar-refractivity contribution in [3.63, 3.8) is 0 Å². The molecule has 1 aliphatic rings. The van der Waals surface area contributed by atoms with Crippen LogP contribution >= 0.6 is 15.9 Å². The Kier molecular flexibility index (Phi) is 5.21. The third kappa shape index (κ3) is 3.38. The van der Waals surface area contributed by atoms with Crippen molar-refractivity contribution in [1.29, 1.82) is 0 Å². The molecular formula is C24H24BrN3O2. The molecule has 0 saturated carbocycles. The number of nitrogens with zero attached hydrogens (tertiary/aromatic N) is 3. The average molecular weight is 466 g/mol. The van der Waals surface area contributed by atoms with Crippen LogP contribution < -0.4 is 0 Å². The van der Waals surface area contributed by atoms with Gasteiger partial charge in [0.1, 0.15) is 11.3 Å². The molecule has 1 atom stereocenters. The molecule has 1 aliphatic heterocycles. The summed E-state index contributed by atoms with van der Waals surface area (Å²) in [4.78, 5) is 4.77. The van der Waals surface area contributed by atoms with E-state index in [1.54, 1.807) is 0 Å². The Bertz CT molecular complexity index is 1160. The molecule has 0 N–H and O–H groups in total. The SMILES string of the molecule is Cc1noc(C)c1-c1cc(Br)c2ncn(C(c3ccccc3)C3CCOCC3)c2c1. The highest BCUT2D eigenvalue weighted by molar-refractivity contribution is 9.10. The number of aromatic nitrogens is 3. The first-order valence-electron chi connectivity index (χ1n) is 10.4. The molecule has 0 amide bonds. The van der Waals surface area contributed by atoms with Crippen LogP contribution in [0.3, 0.4) is 0 Å². The topological polar surface area (TPSA) is 53.1 Å². The number of benzene rings is 2. The summed E-state index contributed by atoms with van der Waals surface area (Å²) in [6.07, 6.45) is 4.08. The number of hydrogen-bond acceptors (Lipinski definition) is 4. The first kappa shape index (κ1) is 19.5. The monoisotopic (exact) mass is 465 g/mol. The van der Waals surface area contributed by atoms with E-state index in [4.69, 9.17) is 14.2 Å². The van der Waals surface area contributed by atoms with Crippen LogP contribution in [0.2, 0.25) is 0 Å². The molecule has 2 aromatic heterocycles. The van der Waals surface area contributed by atoms with Gasteiger partial charge in [-0.2, -0.15) is 0 Å². The summed E-state index contributed by atoms with van der Waals surface area (Å²) in [5.74, 6) is 1.33. The van der Waals surface area contributed by atoms with E-state index in [2.05, 4.69) is 68.1 Å². The maximum atomic E-state index is 5.65. The number of halogens is 1. The molecule has 5 nitrogen and oxygen atoms in total. The maximum Gasteiger partial charge on any atom is 0.141 e. The second kappa shape index (κ2) is 8.00. The van der Waals surface area contributed by atoms with Gasteiger partial charge in [-0.1, -0.05) is 35.5 Å². The largest absolute Gasteiger partial charge is 0.381 e. The van der Waals surface area contributed by atoms with E-state index in [0.29, 0.717) is 5.92 Å². The molecule has 2 aromatic carbocycles. The van der Waals surface area contributed by atoms with E-state index < -0.39 is 0 Å². The number of fused-ring (bicyclic) bond motifs is 1. The lowest BCUT2D eigenvalue weighted by atomic mass is 9.86. The zero-order chi connectivity index (χ0) is 20.7. The molecule has 4 aromatic rings. The van der Waals surface area contributed by atoms with E-state index in [1.807, 2.05) is 20.2 Å². The van der Waals surface area contributed by atoms with Crippen molar-refractivity contribution in [3.05, 3.63) is 70.3 Å². The van der Waals surface area contributed by atoms with Gasteiger partial charge in [0.25, 0.3) is 0 Å². The molecule has 0 aliphatic carbocycles. The lowest BCUT2D eigenvalue weighted by molar-refractivity contribution is 0.0547. The number of aryl methyl sites for hydroxylation is 2. The van der Waals surface area contributed by atoms with E-state index >= 15 is 0 Å². The fourth-order valence-corrected chi connectivity index (χ4v) is 5.25. The van der Waals surface area contributed by atoms with Crippen LogP contribution in [0.1, 0.15) is 35.9 Å². The van der Waals surface area contributed by atoms with Gasteiger partial charge >= 0.3 is 0 Å². The van der Waals surface area contributed by atoms with Crippen LogP contribution in [0.15, 0.2) is 57.8 Å². The quantitative estimate of drug-likeness (QED) is 0.366. The lowest BCUT2D eigenvalue weighted by Gasteiger charge is -2.32. The summed E-state index contributed by atoms with van der Waals surface area (Å²) in [7, 11) is 0. The molecule has 154 valence electrons. The summed E-state index contributed by atoms with van der Waals surface area (Å²) in [5.41, 5.74) is 6.42. The third-order valence-electron chi connectivity index (χ3n) is 6.11. The van der Waals surface area contributed by atoms with E-state index in [0.717, 1.165) is 64.1 Å². The number of imidazole rings is 1. The Morgan fingerprint density at radius 2 is 1.87 bits per heavy atom. The van der Waals surface area contributed by atoms with Gasteiger partial charge in [0.2, 0.25) is 0 Å². The molecular weight excluding hydrogens is 442 g/mol. The second-order valence-corrected chi connectivity index (χ2v) is 8.84. The molecule has 1 saturated heterocycles. The van der Waals surface area contributed by atoms with Crippen molar-refractivity contribution in [1.82, 2.24) is 14.7 Å². The predicted molar refractivity (Wildman–Crippen MR) is 121 cm³/mol. The van der Waals surface area contributed by atoms with Crippen LogP contribution in [0.4, 0.5) is 0 Å². The highest BCUT2D eigenvalue weighted by Gasteiger charge is 2.28. The molecule has 0 bridgehead atoms. The van der Waals surface area contributed by atoms with Gasteiger partial charge in [0.15, 0.2) is 0 Å². The minimum Gasteiger partial charge on any atom is -0.381 e. The van der Waals surface area contributed by atoms with Crippen LogP contribution in [0.25, 0.3) is 22.2 Å². The smallest absolute Gasteiger partial charge is 0.141 e. The number of ether oxygens (including phenoxy) is 1. The van der Waals surface area contributed by atoms with Crippen molar-refractivity contribution in [3.8, 4) is 11.1 Å². The van der Waals surface area contributed by atoms with Crippen LogP contribution in [-0.4, -0.2) is 27.9 Å². The summed E-state index contributed by atoms with van der Waals surface area (Å²) < 4.78 is 14.4. The molecule has 6 heteroatoms. The molecule has 0 radical (unpaired) electrons. The number of hydrogen-bond donors (Lipinski definition) is 0. The lowest BCUT2D eigenvalue weighted by Crippen LogP contribution is -2.26. The molecule has 3 heterocycles. The van der Waals surface area contributed by atoms with Gasteiger partial charge in [-0.25, -0.2) is 4.98 Å². The van der Waals surface area contributed by atoms with E-state index in [9.17, 15) is 0 Å². The Hall–Kier alpha value is -2.44. The molecule has 30 heavy (non-hydrogen) atoms. The fraction of sp³-hybridized carbons (Fsp3) is 0.333. The zero-order valence-corrected chi connectivity index (χ0v) is 18.7. The van der Waals surface area contributed by atoms with Crippen LogP contribution in [0, 0.1) is 19.8 Å². The molecule has 1 unspecified atom stereocenters. The Morgan fingerprint density at radius 1 is 1.10 bits per heavy atom. The predicted octanol–water partition coefficient (Wildman–Crippen LogP) is 6.09. The first-order chi connectivity index (χ1) is 14.6. The summed E-state index contributed by atoms with van der Waals surface area (Å²) in [5, 5.41) is 4.14. The zero-order valence-electron chi connectivity index (χ0n) is 17.1. The van der Waals surface area contributed by atoms with Gasteiger partial charge in [-0.15, -0.1) is 0 Å². The second-order valence-electron chi connectivity index (χ2n) is 7.98. The molecule has 5 rings (SSSR count). The Morgan fingerprint density at radius 3 is 2.57 bits per heavy atom. The van der Waals surface area contributed by atoms with Crippen LogP contribution in [-0.2, 0) is 4.74 Å². The highest BCUT2D eigenvalue weighted by Crippen LogP contribution is 2.39. The van der Waals surface area contributed by atoms with Crippen molar-refractivity contribution in [2.45, 2.75) is 32.7 Å². The maximum absolute atomic E-state index is 5.65. The van der Waals surface area contributed by atoms with Gasteiger partial charge < -0.3 is 13.8 Å². The molecule has 0 spiro atoms. The van der Waals surface area contributed by atoms with Gasteiger partial charge in [0, 0.05) is 23.2 Å². The average Bonchev–Trinajstić information content (AvgIpc) is 3.33. The minimum atomic E-state index is 0.215. The van der Waals surface area contributed by atoms with Crippen LogP contribution in [0.5, 0.6) is 0 Å². The third-order valence-corrected chi connectivity index (χ3v) is 6.71. The van der Waals surface area contributed by atoms with Gasteiger partial charge in [-0.3, -0.25) is 0 Å². The van der Waals surface area contributed by atoms with Crippen molar-refractivity contribution >= 4 is 27.0 Å². The summed E-state index contributed by atoms with van der Waals surface area (Å²) in [6.45, 7) is 5.57. The van der Waals surface area contributed by atoms with Gasteiger partial charge in [0.05, 0.1) is 23.6 Å². The normalized spacial score (nSPS) is 16.2. The van der Waals surface area contributed by atoms with E-state index in [1.165, 1.54) is 5.56 Å². The fourth-order valence-electron chi connectivity index (χ4n) is 4.69. The highest BCUT2D eigenvalue weighted by atomic mass is 79.9. The van der Waals surface area contributed by atoms with E-state index in [-0.39, 0.29) is 6.04 Å². The first-order valence-corrected chi connectivity index (χ1v) is 11.1. The van der Waals surface area contributed by atoms with Gasteiger partial charge in [-0.05, 0) is 71.8 Å². The minimum absolute atomic E-state index is 0.215. The Labute approximate surface area is 184 Å². The van der Waals surface area contributed by atoms with Crippen molar-refractivity contribution < 1.29 is 9.26 Å². The standard InChI is InChI=1S/C24H24BrN3O2/c1-15-22(16(2)30-27-15)19-12-20(25)23-21(13-19)28(14-26-23)24(17-6-4-3-5-7-17)18-8-10-29-11-9-18/h3-7,12-14,18,24H,8-11H2,1-2H3. The summed E-state index contributed by atoms with van der Waals surface area (Å²) >= 11 is 3.75. The number of rotatable bonds is 4. The Balaban J connectivity index is 1.70. The van der Waals surface area contributed by atoms with Crippen molar-refractivity contribution in [2.75, 3.05) is 13.2 Å². The summed E-state index contributed by atoms with van der Waals surface area (Å²) in [6, 6.07) is 15.3. The molecule has 1 fully saturated rings.